The van der Waals surface area contributed by atoms with Gasteiger partial charge in [0.1, 0.15) is 5.82 Å². The summed E-state index contributed by atoms with van der Waals surface area (Å²) in [6.45, 7) is 0.451. The van der Waals surface area contributed by atoms with Crippen molar-refractivity contribution in [2.75, 3.05) is 20.8 Å². The van der Waals surface area contributed by atoms with E-state index < -0.39 is 0 Å². The number of hydrogen-bond acceptors (Lipinski definition) is 6. The van der Waals surface area contributed by atoms with Crippen LogP contribution >= 0.6 is 11.3 Å². The molecule has 0 atom stereocenters. The van der Waals surface area contributed by atoms with Crippen molar-refractivity contribution in [1.82, 2.24) is 19.9 Å². The fraction of sp³-hybridized carbons (Fsp3) is 0.174. The number of carbonyl (C=O) groups is 1. The lowest BCUT2D eigenvalue weighted by Crippen LogP contribution is -2.23. The lowest BCUT2D eigenvalue weighted by Gasteiger charge is -2.07. The van der Waals surface area contributed by atoms with Crippen molar-refractivity contribution in [3.05, 3.63) is 71.0 Å². The van der Waals surface area contributed by atoms with E-state index in [1.165, 1.54) is 29.5 Å². The highest BCUT2D eigenvalue weighted by Crippen LogP contribution is 2.28. The first kappa shape index (κ1) is 21.5. The molecule has 0 aliphatic carbocycles. The van der Waals surface area contributed by atoms with E-state index in [4.69, 9.17) is 9.47 Å². The maximum atomic E-state index is 13.1. The molecule has 0 fully saturated rings. The Kier molecular flexibility index (Phi) is 6.46. The highest BCUT2D eigenvalue weighted by Gasteiger charge is 2.12. The molecule has 7 nitrogen and oxygen atoms in total. The zero-order chi connectivity index (χ0) is 22.5. The number of ether oxygens (including phenoxy) is 2. The molecule has 0 aliphatic rings. The SMILES string of the molecule is COc1ccc(/C=C/C(=O)NCCc2csc3nc(-c4ccc(F)cc4)nn23)cc1OC. The van der Waals surface area contributed by atoms with Gasteiger partial charge in [0, 0.05) is 30.0 Å². The molecule has 0 radical (unpaired) electrons. The minimum atomic E-state index is -0.300. The van der Waals surface area contributed by atoms with E-state index in [0.29, 0.717) is 30.3 Å². The van der Waals surface area contributed by atoms with Gasteiger partial charge in [-0.2, -0.15) is 4.98 Å². The van der Waals surface area contributed by atoms with E-state index >= 15 is 0 Å². The molecule has 0 spiro atoms. The van der Waals surface area contributed by atoms with Gasteiger partial charge in [-0.25, -0.2) is 8.91 Å². The molecule has 0 bridgehead atoms. The van der Waals surface area contributed by atoms with E-state index in [1.807, 2.05) is 11.4 Å². The molecular formula is C23H21FN4O3S. The van der Waals surface area contributed by atoms with Crippen LogP contribution in [0.15, 0.2) is 53.9 Å². The minimum absolute atomic E-state index is 0.197. The lowest BCUT2D eigenvalue weighted by atomic mass is 10.2. The van der Waals surface area contributed by atoms with Gasteiger partial charge in [-0.1, -0.05) is 6.07 Å². The fourth-order valence-corrected chi connectivity index (χ4v) is 3.98. The van der Waals surface area contributed by atoms with Crippen LogP contribution in [0.1, 0.15) is 11.3 Å². The third kappa shape index (κ3) is 4.78. The first-order valence-electron chi connectivity index (χ1n) is 9.84. The Balaban J connectivity index is 1.35. The second kappa shape index (κ2) is 9.61. The second-order valence-corrected chi connectivity index (χ2v) is 7.69. The molecule has 164 valence electrons. The molecule has 1 N–H and O–H groups in total. The molecule has 2 heterocycles. The summed E-state index contributed by atoms with van der Waals surface area (Å²) in [5.41, 5.74) is 2.52. The van der Waals surface area contributed by atoms with Crippen molar-refractivity contribution < 1.29 is 18.7 Å². The van der Waals surface area contributed by atoms with Crippen LogP contribution < -0.4 is 14.8 Å². The standard InChI is InChI=1S/C23H21FN4O3S/c1-30-19-9-3-15(13-20(19)31-2)4-10-21(29)25-12-11-18-14-32-23-26-22(27-28(18)23)16-5-7-17(24)8-6-16/h3-10,13-14H,11-12H2,1-2H3,(H,25,29)/b10-4+. The van der Waals surface area contributed by atoms with Crippen molar-refractivity contribution in [3.8, 4) is 22.9 Å². The molecule has 4 aromatic rings. The van der Waals surface area contributed by atoms with Gasteiger partial charge in [0.15, 0.2) is 17.3 Å². The van der Waals surface area contributed by atoms with Gasteiger partial charge in [0.2, 0.25) is 10.9 Å². The van der Waals surface area contributed by atoms with Crippen LogP contribution in [0.5, 0.6) is 11.5 Å². The molecule has 32 heavy (non-hydrogen) atoms. The number of hydrogen-bond donors (Lipinski definition) is 1. The number of thiazole rings is 1. The van der Waals surface area contributed by atoms with Gasteiger partial charge >= 0.3 is 0 Å². The maximum absolute atomic E-state index is 13.1. The smallest absolute Gasteiger partial charge is 0.244 e. The Bertz CT molecular complexity index is 1260. The molecule has 2 aromatic heterocycles. The summed E-state index contributed by atoms with van der Waals surface area (Å²) < 4.78 is 25.4. The Morgan fingerprint density at radius 1 is 1.16 bits per heavy atom. The van der Waals surface area contributed by atoms with E-state index in [9.17, 15) is 9.18 Å². The monoisotopic (exact) mass is 452 g/mol. The largest absolute Gasteiger partial charge is 0.493 e. The third-order valence-corrected chi connectivity index (χ3v) is 5.63. The number of amides is 1. The van der Waals surface area contributed by atoms with E-state index in [0.717, 1.165) is 21.8 Å². The van der Waals surface area contributed by atoms with Gasteiger partial charge in [-0.15, -0.1) is 16.4 Å². The summed E-state index contributed by atoms with van der Waals surface area (Å²) in [6.07, 6.45) is 3.79. The van der Waals surface area contributed by atoms with Gasteiger partial charge in [0.05, 0.1) is 19.9 Å². The quantitative estimate of drug-likeness (QED) is 0.409. The first-order valence-corrected chi connectivity index (χ1v) is 10.7. The van der Waals surface area contributed by atoms with Crippen LogP contribution in [0, 0.1) is 5.82 Å². The summed E-state index contributed by atoms with van der Waals surface area (Å²) in [7, 11) is 3.14. The summed E-state index contributed by atoms with van der Waals surface area (Å²) in [4.78, 5) is 17.4. The van der Waals surface area contributed by atoms with Gasteiger partial charge in [-0.05, 0) is 48.0 Å². The van der Waals surface area contributed by atoms with Crippen LogP contribution in [0.3, 0.4) is 0 Å². The van der Waals surface area contributed by atoms with Crippen LogP contribution in [-0.2, 0) is 11.2 Å². The molecule has 4 rings (SSSR count). The molecule has 9 heteroatoms. The topological polar surface area (TPSA) is 77.8 Å². The Morgan fingerprint density at radius 2 is 1.94 bits per heavy atom. The van der Waals surface area contributed by atoms with Crippen molar-refractivity contribution in [2.24, 2.45) is 0 Å². The first-order chi connectivity index (χ1) is 15.6. The predicted octanol–water partition coefficient (Wildman–Crippen LogP) is 3.99. The number of nitrogens with zero attached hydrogens (tertiary/aromatic N) is 3. The van der Waals surface area contributed by atoms with Crippen molar-refractivity contribution in [3.63, 3.8) is 0 Å². The molecule has 0 saturated heterocycles. The van der Waals surface area contributed by atoms with Gasteiger partial charge in [-0.3, -0.25) is 4.79 Å². The maximum Gasteiger partial charge on any atom is 0.244 e. The Labute approximate surface area is 188 Å². The van der Waals surface area contributed by atoms with E-state index in [-0.39, 0.29) is 11.7 Å². The highest BCUT2D eigenvalue weighted by molar-refractivity contribution is 7.15. The number of rotatable bonds is 8. The van der Waals surface area contributed by atoms with Crippen molar-refractivity contribution in [2.45, 2.75) is 6.42 Å². The number of fused-ring (bicyclic) bond motifs is 1. The number of halogens is 1. The van der Waals surface area contributed by atoms with Crippen LogP contribution in [0.2, 0.25) is 0 Å². The van der Waals surface area contributed by atoms with Crippen LogP contribution in [0.25, 0.3) is 22.4 Å². The summed E-state index contributed by atoms with van der Waals surface area (Å²) in [6, 6.07) is 11.5. The predicted molar refractivity (Wildman–Crippen MR) is 122 cm³/mol. The van der Waals surface area contributed by atoms with Gasteiger partial charge in [0.25, 0.3) is 0 Å². The Morgan fingerprint density at radius 3 is 2.69 bits per heavy atom. The molecule has 0 saturated carbocycles. The number of carbonyl (C=O) groups excluding carboxylic acids is 1. The van der Waals surface area contributed by atoms with Crippen molar-refractivity contribution >= 4 is 28.3 Å². The molecule has 1 amide bonds. The highest BCUT2D eigenvalue weighted by atomic mass is 32.1. The zero-order valence-electron chi connectivity index (χ0n) is 17.5. The minimum Gasteiger partial charge on any atom is -0.493 e. The van der Waals surface area contributed by atoms with E-state index in [2.05, 4.69) is 15.4 Å². The summed E-state index contributed by atoms with van der Waals surface area (Å²) >= 11 is 1.47. The Hall–Kier alpha value is -3.72. The fourth-order valence-electron chi connectivity index (χ4n) is 3.12. The van der Waals surface area contributed by atoms with Crippen LogP contribution in [-0.4, -0.2) is 41.3 Å². The molecule has 0 aliphatic heterocycles. The second-order valence-electron chi connectivity index (χ2n) is 6.85. The number of methoxy groups -OCH3 is 2. The summed E-state index contributed by atoms with van der Waals surface area (Å²) in [5, 5.41) is 9.36. The summed E-state index contributed by atoms with van der Waals surface area (Å²) in [5.74, 6) is 1.28. The lowest BCUT2D eigenvalue weighted by molar-refractivity contribution is -0.116. The van der Waals surface area contributed by atoms with Crippen molar-refractivity contribution in [1.29, 1.82) is 0 Å². The van der Waals surface area contributed by atoms with Gasteiger partial charge < -0.3 is 14.8 Å². The average molecular weight is 453 g/mol. The van der Waals surface area contributed by atoms with E-state index in [1.54, 1.807) is 49.1 Å². The zero-order valence-corrected chi connectivity index (χ0v) is 18.4. The number of nitrogens with one attached hydrogen (secondary N) is 1. The third-order valence-electron chi connectivity index (χ3n) is 4.77. The number of benzene rings is 2. The van der Waals surface area contributed by atoms with Crippen LogP contribution in [0.4, 0.5) is 4.39 Å². The molecule has 2 aromatic carbocycles. The number of aromatic nitrogens is 3. The molecule has 0 unspecified atom stereocenters. The normalized spacial score (nSPS) is 11.2. The molecular weight excluding hydrogens is 431 g/mol. The average Bonchev–Trinajstić information content (AvgIpc) is 3.39.